The van der Waals surface area contributed by atoms with Gasteiger partial charge in [-0.25, -0.2) is 0 Å². The Morgan fingerprint density at radius 2 is 2.21 bits per heavy atom. The van der Waals surface area contributed by atoms with Gasteiger partial charge in [0.15, 0.2) is 0 Å². The summed E-state index contributed by atoms with van der Waals surface area (Å²) in [6.45, 7) is 2.20. The maximum atomic E-state index is 9.31. The van der Waals surface area contributed by atoms with Gasteiger partial charge < -0.3 is 10.2 Å². The van der Waals surface area contributed by atoms with Crippen molar-refractivity contribution in [3.05, 3.63) is 28.2 Å². The molecule has 3 rings (SSSR count). The highest BCUT2D eigenvalue weighted by Crippen LogP contribution is 2.33. The van der Waals surface area contributed by atoms with Crippen LogP contribution < -0.4 is 10.2 Å². The molecule has 1 aromatic rings. The van der Waals surface area contributed by atoms with Crippen LogP contribution in [-0.4, -0.2) is 25.2 Å². The normalized spacial score (nSPS) is 26.6. The second-order valence-corrected chi connectivity index (χ2v) is 6.29. The number of hydrogen-bond donors (Lipinski definition) is 1. The number of rotatable bonds is 2. The second kappa shape index (κ2) is 5.52. The number of anilines is 1. The Kier molecular flexibility index (Phi) is 3.76. The lowest BCUT2D eigenvalue weighted by Crippen LogP contribution is -2.44. The van der Waals surface area contributed by atoms with E-state index < -0.39 is 0 Å². The van der Waals surface area contributed by atoms with Crippen molar-refractivity contribution in [3.8, 4) is 6.07 Å². The van der Waals surface area contributed by atoms with Gasteiger partial charge in [0, 0.05) is 23.1 Å². The van der Waals surface area contributed by atoms with Crippen LogP contribution >= 0.6 is 15.9 Å². The molecule has 0 bridgehead atoms. The number of halogens is 1. The molecule has 2 aliphatic heterocycles. The highest BCUT2D eigenvalue weighted by atomic mass is 79.9. The van der Waals surface area contributed by atoms with Gasteiger partial charge in [-0.2, -0.15) is 5.26 Å². The fraction of sp³-hybridized carbons (Fsp3) is 0.533. The van der Waals surface area contributed by atoms with Crippen molar-refractivity contribution in [2.45, 2.75) is 37.8 Å². The van der Waals surface area contributed by atoms with Gasteiger partial charge in [-0.1, -0.05) is 15.9 Å². The summed E-state index contributed by atoms with van der Waals surface area (Å²) < 4.78 is 1.05. The smallest absolute Gasteiger partial charge is 0.101 e. The quantitative estimate of drug-likeness (QED) is 0.910. The summed E-state index contributed by atoms with van der Waals surface area (Å²) in [6.07, 6.45) is 4.99. The Hall–Kier alpha value is -1.05. The summed E-state index contributed by atoms with van der Waals surface area (Å²) in [4.78, 5) is 2.44. The van der Waals surface area contributed by atoms with Crippen LogP contribution in [0.3, 0.4) is 0 Å². The first-order valence-electron chi connectivity index (χ1n) is 6.99. The zero-order valence-corrected chi connectivity index (χ0v) is 12.5. The third-order valence-electron chi connectivity index (χ3n) is 4.25. The fourth-order valence-corrected chi connectivity index (χ4v) is 3.74. The van der Waals surface area contributed by atoms with Gasteiger partial charge in [0.25, 0.3) is 0 Å². The summed E-state index contributed by atoms with van der Waals surface area (Å²) >= 11 is 3.52. The molecule has 2 aliphatic rings. The van der Waals surface area contributed by atoms with Gasteiger partial charge in [0.1, 0.15) is 6.07 Å². The Morgan fingerprint density at radius 1 is 1.32 bits per heavy atom. The van der Waals surface area contributed by atoms with Crippen molar-refractivity contribution in [2.75, 3.05) is 18.0 Å². The summed E-state index contributed by atoms with van der Waals surface area (Å²) in [7, 11) is 0. The van der Waals surface area contributed by atoms with Crippen LogP contribution in [0.2, 0.25) is 0 Å². The summed E-state index contributed by atoms with van der Waals surface area (Å²) in [6, 6.07) is 9.41. The Balaban J connectivity index is 1.92. The van der Waals surface area contributed by atoms with Crippen LogP contribution in [0.4, 0.5) is 5.69 Å². The van der Waals surface area contributed by atoms with Gasteiger partial charge in [0.2, 0.25) is 0 Å². The van der Waals surface area contributed by atoms with Crippen molar-refractivity contribution >= 4 is 21.6 Å². The first kappa shape index (κ1) is 13.0. The van der Waals surface area contributed by atoms with Gasteiger partial charge in [-0.05, 0) is 50.4 Å². The van der Waals surface area contributed by atoms with Crippen LogP contribution in [0.15, 0.2) is 22.7 Å². The van der Waals surface area contributed by atoms with E-state index in [4.69, 9.17) is 0 Å². The molecule has 1 aromatic carbocycles. The zero-order chi connectivity index (χ0) is 13.2. The molecular weight excluding hydrogens is 302 g/mol. The van der Waals surface area contributed by atoms with E-state index in [1.54, 1.807) is 0 Å². The molecular formula is C15H18BrN3. The van der Waals surface area contributed by atoms with Crippen LogP contribution in [0.25, 0.3) is 0 Å². The topological polar surface area (TPSA) is 39.1 Å². The van der Waals surface area contributed by atoms with E-state index in [9.17, 15) is 5.26 Å². The van der Waals surface area contributed by atoms with E-state index in [2.05, 4.69) is 38.3 Å². The van der Waals surface area contributed by atoms with E-state index in [-0.39, 0.29) is 0 Å². The van der Waals surface area contributed by atoms with E-state index >= 15 is 0 Å². The van der Waals surface area contributed by atoms with E-state index in [0.29, 0.717) is 12.1 Å². The molecule has 2 atom stereocenters. The lowest BCUT2D eigenvalue weighted by Gasteiger charge is -2.32. The molecule has 0 aliphatic carbocycles. The van der Waals surface area contributed by atoms with Crippen molar-refractivity contribution in [3.63, 3.8) is 0 Å². The number of hydrogen-bond acceptors (Lipinski definition) is 3. The molecule has 4 heteroatoms. The van der Waals surface area contributed by atoms with Crippen molar-refractivity contribution < 1.29 is 0 Å². The van der Waals surface area contributed by atoms with Crippen LogP contribution in [0, 0.1) is 11.3 Å². The van der Waals surface area contributed by atoms with Gasteiger partial charge in [-0.15, -0.1) is 0 Å². The molecule has 0 saturated carbocycles. The van der Waals surface area contributed by atoms with Crippen LogP contribution in [0.5, 0.6) is 0 Å². The summed E-state index contributed by atoms with van der Waals surface area (Å²) in [5, 5.41) is 12.9. The van der Waals surface area contributed by atoms with E-state index in [0.717, 1.165) is 28.8 Å². The standard InChI is InChI=1S/C15H18BrN3/c16-12-6-5-11(10-17)15(9-12)19-8-2-4-14(19)13-3-1-7-18-13/h5-6,9,13-14,18H,1-4,7-8H2. The average molecular weight is 320 g/mol. The van der Waals surface area contributed by atoms with Crippen molar-refractivity contribution in [1.82, 2.24) is 5.32 Å². The minimum atomic E-state index is 0.545. The SMILES string of the molecule is N#Cc1ccc(Br)cc1N1CCCC1C1CCCN1. The lowest BCUT2D eigenvalue weighted by molar-refractivity contribution is 0.482. The maximum absolute atomic E-state index is 9.31. The minimum absolute atomic E-state index is 0.545. The molecule has 2 heterocycles. The molecule has 0 amide bonds. The molecule has 0 spiro atoms. The monoisotopic (exact) mass is 319 g/mol. The Bertz CT molecular complexity index is 503. The molecule has 2 saturated heterocycles. The highest BCUT2D eigenvalue weighted by Gasteiger charge is 2.34. The largest absolute Gasteiger partial charge is 0.366 e. The Morgan fingerprint density at radius 3 is 2.95 bits per heavy atom. The average Bonchev–Trinajstić information content (AvgIpc) is 3.09. The number of nitriles is 1. The molecule has 0 aromatic heterocycles. The third kappa shape index (κ3) is 2.50. The number of nitrogens with one attached hydrogen (secondary N) is 1. The number of nitrogens with zero attached hydrogens (tertiary/aromatic N) is 2. The van der Waals surface area contributed by atoms with Gasteiger partial charge in [-0.3, -0.25) is 0 Å². The van der Waals surface area contributed by atoms with Crippen LogP contribution in [0.1, 0.15) is 31.2 Å². The minimum Gasteiger partial charge on any atom is -0.366 e. The predicted molar refractivity (Wildman–Crippen MR) is 80.2 cm³/mol. The summed E-state index contributed by atoms with van der Waals surface area (Å²) in [5.41, 5.74) is 1.88. The molecule has 19 heavy (non-hydrogen) atoms. The molecule has 1 N–H and O–H groups in total. The lowest BCUT2D eigenvalue weighted by atomic mass is 10.0. The molecule has 2 unspecified atom stereocenters. The highest BCUT2D eigenvalue weighted by molar-refractivity contribution is 9.10. The third-order valence-corrected chi connectivity index (χ3v) is 4.75. The predicted octanol–water partition coefficient (Wildman–Crippen LogP) is 3.04. The van der Waals surface area contributed by atoms with E-state index in [1.165, 1.54) is 25.7 Å². The molecule has 2 fully saturated rings. The van der Waals surface area contributed by atoms with Gasteiger partial charge in [0.05, 0.1) is 11.3 Å². The van der Waals surface area contributed by atoms with Crippen molar-refractivity contribution in [1.29, 1.82) is 5.26 Å². The number of benzene rings is 1. The van der Waals surface area contributed by atoms with E-state index in [1.807, 2.05) is 12.1 Å². The van der Waals surface area contributed by atoms with Crippen LogP contribution in [-0.2, 0) is 0 Å². The van der Waals surface area contributed by atoms with Crippen molar-refractivity contribution in [2.24, 2.45) is 0 Å². The zero-order valence-electron chi connectivity index (χ0n) is 10.9. The first-order valence-corrected chi connectivity index (χ1v) is 7.78. The first-order chi connectivity index (χ1) is 9.29. The molecule has 100 valence electrons. The second-order valence-electron chi connectivity index (χ2n) is 5.38. The molecule has 3 nitrogen and oxygen atoms in total. The maximum Gasteiger partial charge on any atom is 0.101 e. The Labute approximate surface area is 122 Å². The molecule has 0 radical (unpaired) electrons. The summed E-state index contributed by atoms with van der Waals surface area (Å²) in [5.74, 6) is 0. The van der Waals surface area contributed by atoms with Gasteiger partial charge >= 0.3 is 0 Å². The fourth-order valence-electron chi connectivity index (χ4n) is 3.39.